The van der Waals surface area contributed by atoms with Crippen molar-refractivity contribution in [2.75, 3.05) is 5.32 Å². The Hall–Kier alpha value is -2.87. The monoisotopic (exact) mass is 713 g/mol. The molecule has 16 nitrogen and oxygen atoms in total. The van der Waals surface area contributed by atoms with Crippen molar-refractivity contribution >= 4 is 65.4 Å². The Balaban J connectivity index is 0.00000300. The number of aromatic nitrogens is 5. The maximum atomic E-state index is 12.8. The molecule has 0 bridgehead atoms. The number of azo groups is 1. The van der Waals surface area contributed by atoms with Crippen molar-refractivity contribution in [3.05, 3.63) is 70.8 Å². The zero-order valence-corrected chi connectivity index (χ0v) is 32.2. The van der Waals surface area contributed by atoms with Gasteiger partial charge in [0.25, 0.3) is 5.91 Å². The van der Waals surface area contributed by atoms with Gasteiger partial charge in [-0.25, -0.2) is 31.0 Å². The molecule has 0 spiro atoms. The first-order valence-electron chi connectivity index (χ1n) is 12.7. The van der Waals surface area contributed by atoms with Crippen LogP contribution in [0.15, 0.2) is 62.5 Å². The summed E-state index contributed by atoms with van der Waals surface area (Å²) in [5.41, 5.74) is 2.23. The number of aromatic amines is 1. The fourth-order valence-electron chi connectivity index (χ4n) is 4.09. The number of hydrogen-bond donors (Lipinski definition) is 2. The summed E-state index contributed by atoms with van der Waals surface area (Å²) in [5.74, 6) is -0.668. The van der Waals surface area contributed by atoms with Crippen LogP contribution in [0.5, 0.6) is 0 Å². The number of carbonyl (C=O) groups excluding carboxylic acids is 1. The molecule has 0 saturated carbocycles. The molecule has 0 aliphatic rings. The van der Waals surface area contributed by atoms with Crippen molar-refractivity contribution in [2.24, 2.45) is 10.2 Å². The number of rotatable bonds is 7. The summed E-state index contributed by atoms with van der Waals surface area (Å²) in [6.07, 6.45) is 0. The molecule has 2 aromatic carbocycles. The van der Waals surface area contributed by atoms with Gasteiger partial charge in [0, 0.05) is 22.2 Å². The van der Waals surface area contributed by atoms with Gasteiger partial charge in [-0.15, -0.1) is 15.3 Å². The number of carbonyl (C=O) groups is 1. The number of hydrogen-bond acceptors (Lipinski definition) is 13. The van der Waals surface area contributed by atoms with E-state index in [4.69, 9.17) is 6.57 Å². The molecule has 5 rings (SSSR count). The minimum atomic E-state index is -5.17. The van der Waals surface area contributed by atoms with Gasteiger partial charge in [-0.05, 0) is 60.9 Å². The molecular weight excluding hydrogens is 693 g/mol. The second-order valence-corrected chi connectivity index (χ2v) is 14.1. The van der Waals surface area contributed by atoms with Crippen molar-refractivity contribution in [1.82, 2.24) is 24.2 Å². The molecule has 2 N–H and O–H groups in total. The van der Waals surface area contributed by atoms with Gasteiger partial charge in [-0.3, -0.25) is 9.89 Å². The van der Waals surface area contributed by atoms with Crippen LogP contribution in [0.3, 0.4) is 0 Å². The zero-order valence-electron chi connectivity index (χ0n) is 25.8. The number of anilines is 1. The van der Waals surface area contributed by atoms with E-state index in [-0.39, 0.29) is 70.2 Å². The van der Waals surface area contributed by atoms with Crippen LogP contribution in [0.2, 0.25) is 0 Å². The normalized spacial score (nSPS) is 12.0. The maximum Gasteiger partial charge on any atom is 1.00 e. The van der Waals surface area contributed by atoms with Crippen molar-refractivity contribution in [1.29, 1.82) is 0 Å². The summed E-state index contributed by atoms with van der Waals surface area (Å²) in [5, 5.41) is 19.2. The third-order valence-electron chi connectivity index (χ3n) is 6.31. The standard InChI is InChI=1S/C26H23N9O7S3.2Na/c1-13-19(27-5)25(43-34-13)31-30-20-21(26(2,3)4)32-35-23(20)29-22(33-35)14-6-8-16(9-7-14)28-24(36)15-10-17(44(37,38)39)12-18(11-15)45(40,41)42;;/h6-12,32H,1-4H3,(H,28,36)(H,37,38,39)(H,40,41,42);;/q;2*+1/p-2. The van der Waals surface area contributed by atoms with E-state index in [2.05, 4.69) is 39.9 Å². The summed E-state index contributed by atoms with van der Waals surface area (Å²) >= 11 is 1.06. The molecule has 3 heterocycles. The molecule has 0 radical (unpaired) electrons. The first-order valence-corrected chi connectivity index (χ1v) is 16.3. The summed E-state index contributed by atoms with van der Waals surface area (Å²) in [7, 11) is -10.3. The molecule has 47 heavy (non-hydrogen) atoms. The number of aryl methyl sites for hydroxylation is 1. The summed E-state index contributed by atoms with van der Waals surface area (Å²) in [6.45, 7) is 15.0. The van der Waals surface area contributed by atoms with Crippen LogP contribution in [0.4, 0.5) is 22.1 Å². The van der Waals surface area contributed by atoms with Crippen LogP contribution in [-0.2, 0) is 25.7 Å². The second kappa shape index (κ2) is 14.3. The molecule has 0 saturated heterocycles. The fourth-order valence-corrected chi connectivity index (χ4v) is 5.92. The van der Waals surface area contributed by atoms with Crippen molar-refractivity contribution in [2.45, 2.75) is 42.9 Å². The number of nitrogens with zero attached hydrogens (tertiary/aromatic N) is 7. The summed E-state index contributed by atoms with van der Waals surface area (Å²) in [4.78, 5) is 18.8. The van der Waals surface area contributed by atoms with E-state index >= 15 is 0 Å². The van der Waals surface area contributed by atoms with Crippen molar-refractivity contribution in [3.63, 3.8) is 0 Å². The average molecular weight is 714 g/mol. The molecule has 21 heteroatoms. The van der Waals surface area contributed by atoms with Crippen LogP contribution in [0.25, 0.3) is 21.9 Å². The average Bonchev–Trinajstić information content (AvgIpc) is 3.63. The number of nitrogens with one attached hydrogen (secondary N) is 2. The minimum Gasteiger partial charge on any atom is -0.744 e. The van der Waals surface area contributed by atoms with E-state index in [0.29, 0.717) is 63.0 Å². The molecular formula is C26H21N9Na2O7S3. The summed E-state index contributed by atoms with van der Waals surface area (Å²) in [6, 6.07) is 7.91. The van der Waals surface area contributed by atoms with Crippen LogP contribution < -0.4 is 64.4 Å². The van der Waals surface area contributed by atoms with Gasteiger partial charge in [0.2, 0.25) is 11.3 Å². The Labute approximate surface area is 317 Å². The van der Waals surface area contributed by atoms with Crippen LogP contribution in [0.1, 0.15) is 42.5 Å². The minimum absolute atomic E-state index is 0. The smallest absolute Gasteiger partial charge is 0.744 e. The van der Waals surface area contributed by atoms with Gasteiger partial charge < -0.3 is 14.4 Å². The SMILES string of the molecule is [C-]#[N+]c1c(C)nsc1N=Nc1c(C(C)(C)C)[nH]n2nc(-c3ccc(NC(=O)c4cc(S(=O)(=O)[O-])cc(S(=O)(=O)[O-])c4)cc3)nc12.[Na+].[Na+]. The quantitative estimate of drug-likeness (QED) is 0.0887. The van der Waals surface area contributed by atoms with E-state index in [9.17, 15) is 30.7 Å². The Morgan fingerprint density at radius 2 is 1.62 bits per heavy atom. The first kappa shape index (κ1) is 38.6. The third-order valence-corrected chi connectivity index (χ3v) is 8.75. The Kier molecular flexibility index (Phi) is 11.7. The molecule has 0 atom stereocenters. The predicted molar refractivity (Wildman–Crippen MR) is 159 cm³/mol. The van der Waals surface area contributed by atoms with Gasteiger partial charge in [0.05, 0.1) is 27.8 Å². The van der Waals surface area contributed by atoms with Crippen LogP contribution in [-0.4, -0.2) is 56.0 Å². The molecule has 0 aliphatic heterocycles. The van der Waals surface area contributed by atoms with E-state index in [0.717, 1.165) is 11.5 Å². The van der Waals surface area contributed by atoms with Gasteiger partial charge in [-0.1, -0.05) is 20.8 Å². The van der Waals surface area contributed by atoms with E-state index in [1.54, 1.807) is 19.1 Å². The molecule has 232 valence electrons. The van der Waals surface area contributed by atoms with Crippen molar-refractivity contribution in [3.8, 4) is 11.4 Å². The largest absolute Gasteiger partial charge is 1.00 e. The fraction of sp³-hybridized carbons (Fsp3) is 0.192. The Morgan fingerprint density at radius 1 is 1.02 bits per heavy atom. The topological polar surface area (TPSA) is 231 Å². The van der Waals surface area contributed by atoms with Crippen LogP contribution in [0, 0.1) is 13.5 Å². The molecule has 5 aromatic rings. The molecule has 0 unspecified atom stereocenters. The first-order chi connectivity index (χ1) is 21.0. The van der Waals surface area contributed by atoms with Crippen LogP contribution >= 0.6 is 11.5 Å². The molecule has 3 aromatic heterocycles. The zero-order chi connectivity index (χ0) is 32.9. The molecule has 1 amide bonds. The number of benzene rings is 2. The molecule has 0 aliphatic carbocycles. The number of amides is 1. The summed E-state index contributed by atoms with van der Waals surface area (Å²) < 4.78 is 74.4. The number of fused-ring (bicyclic) bond motifs is 1. The van der Waals surface area contributed by atoms with E-state index in [1.807, 2.05) is 20.8 Å². The van der Waals surface area contributed by atoms with E-state index in [1.165, 1.54) is 16.8 Å². The third kappa shape index (κ3) is 8.41. The molecule has 0 fully saturated rings. The van der Waals surface area contributed by atoms with Gasteiger partial charge in [0.1, 0.15) is 20.2 Å². The maximum absolute atomic E-state index is 12.8. The predicted octanol–water partition coefficient (Wildman–Crippen LogP) is -1.18. The van der Waals surface area contributed by atoms with Gasteiger partial charge >= 0.3 is 59.1 Å². The Bertz CT molecular complexity index is 2230. The van der Waals surface area contributed by atoms with Gasteiger partial charge in [0.15, 0.2) is 16.5 Å². The second-order valence-electron chi connectivity index (χ2n) is 10.6. The van der Waals surface area contributed by atoms with Gasteiger partial charge in [-0.2, -0.15) is 4.63 Å². The Morgan fingerprint density at radius 3 is 2.15 bits per heavy atom. The van der Waals surface area contributed by atoms with E-state index < -0.39 is 41.5 Å². The van der Waals surface area contributed by atoms with Crippen molar-refractivity contribution < 1.29 is 89.9 Å². The number of H-pyrrole nitrogens is 1.